The Morgan fingerprint density at radius 2 is 1.50 bits per heavy atom. The van der Waals surface area contributed by atoms with Gasteiger partial charge in [-0.15, -0.1) is 0 Å². The van der Waals surface area contributed by atoms with Crippen molar-refractivity contribution in [2.24, 2.45) is 0 Å². The van der Waals surface area contributed by atoms with Crippen LogP contribution in [0.2, 0.25) is 25.7 Å². The molecular weight excluding hydrogens is 208 g/mol. The maximum absolute atomic E-state index is 2.44. The van der Waals surface area contributed by atoms with Gasteiger partial charge in [-0.2, -0.15) is 0 Å². The lowest BCUT2D eigenvalue weighted by atomic mass is 10.0. The van der Waals surface area contributed by atoms with Crippen LogP contribution in [0.4, 0.5) is 0 Å². The summed E-state index contributed by atoms with van der Waals surface area (Å²) in [5.74, 6) is 0. The molecule has 0 aliphatic rings. The molecule has 0 saturated heterocycles. The summed E-state index contributed by atoms with van der Waals surface area (Å²) in [6, 6.07) is 12.1. The number of allylic oxidation sites excluding steroid dienone is 2. The Labute approximate surface area is 101 Å². The van der Waals surface area contributed by atoms with Crippen LogP contribution in [0.1, 0.15) is 19.4 Å². The normalized spacial score (nSPS) is 13.6. The average Bonchev–Trinajstić information content (AvgIpc) is 2.16. The van der Waals surface area contributed by atoms with E-state index in [-0.39, 0.29) is 0 Å². The number of hydrogen-bond acceptors (Lipinski definition) is 0. The van der Waals surface area contributed by atoms with Gasteiger partial charge in [-0.3, -0.25) is 0 Å². The Balaban J connectivity index is 2.70. The third-order valence-electron chi connectivity index (χ3n) is 2.84. The van der Waals surface area contributed by atoms with E-state index in [1.807, 2.05) is 0 Å². The molecule has 1 heteroatoms. The smallest absolute Gasteiger partial charge is 0.0483 e. The van der Waals surface area contributed by atoms with Gasteiger partial charge in [-0.25, -0.2) is 0 Å². The Morgan fingerprint density at radius 1 is 0.938 bits per heavy atom. The minimum Gasteiger partial charge on any atom is -0.0767 e. The minimum absolute atomic E-state index is 0.958. The SMILES string of the molecule is CC(Cc1ccccc1)=C(C)C[Si](C)(C)C. The van der Waals surface area contributed by atoms with Crippen molar-refractivity contribution in [3.8, 4) is 0 Å². The van der Waals surface area contributed by atoms with Gasteiger partial charge in [0.25, 0.3) is 0 Å². The highest BCUT2D eigenvalue weighted by Crippen LogP contribution is 2.20. The lowest BCUT2D eigenvalue weighted by molar-refractivity contribution is 1.08. The van der Waals surface area contributed by atoms with Gasteiger partial charge in [0.05, 0.1) is 0 Å². The third-order valence-corrected chi connectivity index (χ3v) is 4.43. The molecule has 0 radical (unpaired) electrons. The van der Waals surface area contributed by atoms with Crippen molar-refractivity contribution in [2.75, 3.05) is 0 Å². The van der Waals surface area contributed by atoms with Gasteiger partial charge in [0.15, 0.2) is 0 Å². The highest BCUT2D eigenvalue weighted by atomic mass is 28.3. The van der Waals surface area contributed by atoms with Gasteiger partial charge in [0, 0.05) is 8.07 Å². The first-order valence-corrected chi connectivity index (χ1v) is 9.78. The molecule has 16 heavy (non-hydrogen) atoms. The van der Waals surface area contributed by atoms with Crippen LogP contribution in [0.5, 0.6) is 0 Å². The van der Waals surface area contributed by atoms with E-state index in [2.05, 4.69) is 63.8 Å². The molecule has 88 valence electrons. The standard InChI is InChI=1S/C15H24Si/c1-13(14(2)12-16(3,4)5)11-15-9-7-6-8-10-15/h6-10H,11-12H2,1-5H3. The van der Waals surface area contributed by atoms with Crippen molar-refractivity contribution in [3.63, 3.8) is 0 Å². The second-order valence-corrected chi connectivity index (χ2v) is 11.4. The lowest BCUT2D eigenvalue weighted by Gasteiger charge is -2.18. The van der Waals surface area contributed by atoms with E-state index in [4.69, 9.17) is 0 Å². The van der Waals surface area contributed by atoms with Crippen LogP contribution in [0.15, 0.2) is 41.5 Å². The van der Waals surface area contributed by atoms with Crippen molar-refractivity contribution < 1.29 is 0 Å². The summed E-state index contributed by atoms with van der Waals surface area (Å²) in [4.78, 5) is 0. The van der Waals surface area contributed by atoms with E-state index < -0.39 is 8.07 Å². The number of rotatable bonds is 4. The molecule has 0 fully saturated rings. The van der Waals surface area contributed by atoms with Gasteiger partial charge in [-0.05, 0) is 31.9 Å². The lowest BCUT2D eigenvalue weighted by Crippen LogP contribution is -2.19. The summed E-state index contributed by atoms with van der Waals surface area (Å²) >= 11 is 0. The molecule has 1 aromatic carbocycles. The Kier molecular flexibility index (Phi) is 4.54. The molecule has 1 aromatic rings. The van der Waals surface area contributed by atoms with E-state index in [1.165, 1.54) is 11.6 Å². The monoisotopic (exact) mass is 232 g/mol. The Bertz CT molecular complexity index is 355. The van der Waals surface area contributed by atoms with Gasteiger partial charge >= 0.3 is 0 Å². The molecule has 0 unspecified atom stereocenters. The molecule has 0 aromatic heterocycles. The summed E-state index contributed by atoms with van der Waals surface area (Å²) < 4.78 is 0. The third kappa shape index (κ3) is 4.80. The van der Waals surface area contributed by atoms with E-state index in [1.54, 1.807) is 11.1 Å². The highest BCUT2D eigenvalue weighted by Gasteiger charge is 2.14. The summed E-state index contributed by atoms with van der Waals surface area (Å²) in [5.41, 5.74) is 4.58. The van der Waals surface area contributed by atoms with Crippen molar-refractivity contribution >= 4 is 8.07 Å². The predicted octanol–water partition coefficient (Wildman–Crippen LogP) is 4.90. The molecule has 0 N–H and O–H groups in total. The highest BCUT2D eigenvalue weighted by molar-refractivity contribution is 6.76. The van der Waals surface area contributed by atoms with Gasteiger partial charge < -0.3 is 0 Å². The second kappa shape index (κ2) is 5.49. The number of hydrogen-bond donors (Lipinski definition) is 0. The van der Waals surface area contributed by atoms with Crippen molar-refractivity contribution in [1.29, 1.82) is 0 Å². The van der Waals surface area contributed by atoms with E-state index in [0.29, 0.717) is 0 Å². The van der Waals surface area contributed by atoms with Crippen LogP contribution in [0.25, 0.3) is 0 Å². The largest absolute Gasteiger partial charge is 0.0767 e. The first-order valence-electron chi connectivity index (χ1n) is 6.07. The predicted molar refractivity (Wildman–Crippen MR) is 76.7 cm³/mol. The first-order chi connectivity index (χ1) is 7.38. The van der Waals surface area contributed by atoms with Crippen LogP contribution < -0.4 is 0 Å². The van der Waals surface area contributed by atoms with Gasteiger partial charge in [-0.1, -0.05) is 61.1 Å². The Hall–Kier alpha value is -0.823. The van der Waals surface area contributed by atoms with Gasteiger partial charge in [0.1, 0.15) is 0 Å². The van der Waals surface area contributed by atoms with Crippen LogP contribution in [-0.2, 0) is 6.42 Å². The molecule has 0 nitrogen and oxygen atoms in total. The van der Waals surface area contributed by atoms with Crippen LogP contribution in [-0.4, -0.2) is 8.07 Å². The first kappa shape index (κ1) is 13.2. The molecule has 1 rings (SSSR count). The molecular formula is C15H24Si. The van der Waals surface area contributed by atoms with Crippen molar-refractivity contribution in [2.45, 2.75) is 46.0 Å². The molecule has 0 aliphatic heterocycles. The molecule has 0 amide bonds. The van der Waals surface area contributed by atoms with Crippen molar-refractivity contribution in [3.05, 3.63) is 47.0 Å². The maximum atomic E-state index is 2.44. The fourth-order valence-corrected chi connectivity index (χ4v) is 3.89. The van der Waals surface area contributed by atoms with E-state index in [0.717, 1.165) is 6.42 Å². The molecule has 0 heterocycles. The summed E-state index contributed by atoms with van der Waals surface area (Å²) in [6.07, 6.45) is 1.11. The molecule has 0 spiro atoms. The number of benzene rings is 1. The topological polar surface area (TPSA) is 0 Å². The zero-order valence-electron chi connectivity index (χ0n) is 11.3. The van der Waals surface area contributed by atoms with E-state index in [9.17, 15) is 0 Å². The van der Waals surface area contributed by atoms with Crippen LogP contribution in [0.3, 0.4) is 0 Å². The Morgan fingerprint density at radius 3 is 2.00 bits per heavy atom. The summed E-state index contributed by atoms with van der Waals surface area (Å²) in [7, 11) is -0.958. The van der Waals surface area contributed by atoms with Gasteiger partial charge in [0.2, 0.25) is 0 Å². The summed E-state index contributed by atoms with van der Waals surface area (Å²) in [6.45, 7) is 11.9. The maximum Gasteiger partial charge on any atom is 0.0483 e. The fraction of sp³-hybridized carbons (Fsp3) is 0.467. The second-order valence-electron chi connectivity index (χ2n) is 5.96. The zero-order valence-corrected chi connectivity index (χ0v) is 12.3. The van der Waals surface area contributed by atoms with Crippen LogP contribution >= 0.6 is 0 Å². The molecule has 0 atom stereocenters. The minimum atomic E-state index is -0.958. The quantitative estimate of drug-likeness (QED) is 0.511. The molecule has 0 aliphatic carbocycles. The molecule has 0 saturated carbocycles. The fourth-order valence-electron chi connectivity index (χ4n) is 2.00. The van der Waals surface area contributed by atoms with Crippen LogP contribution in [0, 0.1) is 0 Å². The average molecular weight is 232 g/mol. The van der Waals surface area contributed by atoms with Crippen molar-refractivity contribution in [1.82, 2.24) is 0 Å². The summed E-state index contributed by atoms with van der Waals surface area (Å²) in [5, 5.41) is 0. The van der Waals surface area contributed by atoms with E-state index >= 15 is 0 Å². The zero-order chi connectivity index (χ0) is 12.2. The molecule has 0 bridgehead atoms.